The van der Waals surface area contributed by atoms with Gasteiger partial charge in [0.25, 0.3) is 0 Å². The van der Waals surface area contributed by atoms with Crippen molar-refractivity contribution in [2.75, 3.05) is 0 Å². The monoisotopic (exact) mass is 300 g/mol. The van der Waals surface area contributed by atoms with Crippen molar-refractivity contribution in [1.29, 1.82) is 0 Å². The van der Waals surface area contributed by atoms with Crippen LogP contribution in [0.1, 0.15) is 63.4 Å². The van der Waals surface area contributed by atoms with Gasteiger partial charge < -0.3 is 4.74 Å². The van der Waals surface area contributed by atoms with Gasteiger partial charge in [-0.25, -0.2) is 0 Å². The molecule has 2 nitrogen and oxygen atoms in total. The standard InChI is InChI=1S/C20H28O2/c1-15-6-2-5-9-20(15)22-18-12-11-17(14-18)19(21)13-10-16-7-3-4-8-16/h2,5-6,9,16-18H,3-4,7-8,10-14H2,1H3. The number of carbonyl (C=O) groups excluding carboxylic acids is 1. The Kier molecular flexibility index (Phi) is 5.17. The second-order valence-electron chi connectivity index (χ2n) is 7.17. The van der Waals surface area contributed by atoms with Gasteiger partial charge in [0.15, 0.2) is 0 Å². The van der Waals surface area contributed by atoms with Crippen molar-refractivity contribution in [3.05, 3.63) is 29.8 Å². The van der Waals surface area contributed by atoms with E-state index in [0.717, 1.165) is 43.8 Å². The first-order valence-corrected chi connectivity index (χ1v) is 8.97. The molecule has 0 aliphatic heterocycles. The van der Waals surface area contributed by atoms with E-state index >= 15 is 0 Å². The Hall–Kier alpha value is -1.31. The molecular formula is C20H28O2. The van der Waals surface area contributed by atoms with Gasteiger partial charge in [0, 0.05) is 12.3 Å². The first-order chi connectivity index (χ1) is 10.7. The van der Waals surface area contributed by atoms with E-state index in [1.54, 1.807) is 0 Å². The molecule has 1 aromatic rings. The minimum absolute atomic E-state index is 0.224. The summed E-state index contributed by atoms with van der Waals surface area (Å²) in [4.78, 5) is 12.4. The summed E-state index contributed by atoms with van der Waals surface area (Å²) in [5.41, 5.74) is 1.18. The average Bonchev–Trinajstić information content (AvgIpc) is 3.19. The van der Waals surface area contributed by atoms with Gasteiger partial charge in [-0.3, -0.25) is 4.79 Å². The van der Waals surface area contributed by atoms with Gasteiger partial charge in [-0.2, -0.15) is 0 Å². The molecule has 22 heavy (non-hydrogen) atoms. The van der Waals surface area contributed by atoms with Crippen molar-refractivity contribution in [3.8, 4) is 5.75 Å². The summed E-state index contributed by atoms with van der Waals surface area (Å²) in [6.45, 7) is 2.08. The van der Waals surface area contributed by atoms with Gasteiger partial charge in [0.2, 0.25) is 0 Å². The van der Waals surface area contributed by atoms with E-state index < -0.39 is 0 Å². The molecule has 0 heterocycles. The summed E-state index contributed by atoms with van der Waals surface area (Å²) < 4.78 is 6.11. The zero-order valence-corrected chi connectivity index (χ0v) is 13.7. The number of hydrogen-bond donors (Lipinski definition) is 0. The van der Waals surface area contributed by atoms with Crippen molar-refractivity contribution in [2.24, 2.45) is 11.8 Å². The second kappa shape index (κ2) is 7.30. The van der Waals surface area contributed by atoms with E-state index in [1.165, 1.54) is 31.2 Å². The van der Waals surface area contributed by atoms with Crippen LogP contribution >= 0.6 is 0 Å². The molecule has 0 radical (unpaired) electrons. The molecular weight excluding hydrogens is 272 g/mol. The van der Waals surface area contributed by atoms with E-state index in [0.29, 0.717) is 5.78 Å². The van der Waals surface area contributed by atoms with Crippen LogP contribution in [0.15, 0.2) is 24.3 Å². The molecule has 2 atom stereocenters. The summed E-state index contributed by atoms with van der Waals surface area (Å²) in [7, 11) is 0. The Morgan fingerprint density at radius 1 is 1.14 bits per heavy atom. The molecule has 2 saturated carbocycles. The predicted molar refractivity (Wildman–Crippen MR) is 89.1 cm³/mol. The van der Waals surface area contributed by atoms with Crippen LogP contribution in [-0.4, -0.2) is 11.9 Å². The Morgan fingerprint density at radius 2 is 1.91 bits per heavy atom. The van der Waals surface area contributed by atoms with Crippen LogP contribution in [0.25, 0.3) is 0 Å². The third kappa shape index (κ3) is 3.91. The molecule has 2 aliphatic carbocycles. The molecule has 2 fully saturated rings. The maximum atomic E-state index is 12.4. The molecule has 0 saturated heterocycles. The molecule has 2 aliphatic rings. The highest BCUT2D eigenvalue weighted by atomic mass is 16.5. The molecule has 0 amide bonds. The molecule has 0 N–H and O–H groups in total. The summed E-state index contributed by atoms with van der Waals surface area (Å²) in [6, 6.07) is 8.16. The van der Waals surface area contributed by atoms with E-state index in [-0.39, 0.29) is 12.0 Å². The predicted octanol–water partition coefficient (Wildman–Crippen LogP) is 5.08. The molecule has 0 aromatic heterocycles. The van der Waals surface area contributed by atoms with Crippen LogP contribution in [0, 0.1) is 18.8 Å². The van der Waals surface area contributed by atoms with Gasteiger partial charge >= 0.3 is 0 Å². The number of Topliss-reactive ketones (excluding diaryl/α,β-unsaturated/α-hetero) is 1. The molecule has 120 valence electrons. The lowest BCUT2D eigenvalue weighted by Crippen LogP contribution is -2.17. The first-order valence-electron chi connectivity index (χ1n) is 8.97. The van der Waals surface area contributed by atoms with Crippen molar-refractivity contribution in [1.82, 2.24) is 0 Å². The lowest BCUT2D eigenvalue weighted by atomic mass is 9.93. The van der Waals surface area contributed by atoms with Crippen molar-refractivity contribution in [3.63, 3.8) is 0 Å². The third-order valence-electron chi connectivity index (χ3n) is 5.50. The Labute approximate surface area is 134 Å². The molecule has 0 spiro atoms. The number of hydrogen-bond acceptors (Lipinski definition) is 2. The fourth-order valence-electron chi connectivity index (χ4n) is 4.06. The fourth-order valence-corrected chi connectivity index (χ4v) is 4.06. The van der Waals surface area contributed by atoms with E-state index in [9.17, 15) is 4.79 Å². The lowest BCUT2D eigenvalue weighted by molar-refractivity contribution is -0.123. The van der Waals surface area contributed by atoms with Crippen LogP contribution in [0.4, 0.5) is 0 Å². The van der Waals surface area contributed by atoms with Crippen LogP contribution in [-0.2, 0) is 4.79 Å². The largest absolute Gasteiger partial charge is 0.490 e. The zero-order chi connectivity index (χ0) is 15.4. The number of ketones is 1. The van der Waals surface area contributed by atoms with Gasteiger partial charge in [0.05, 0.1) is 6.10 Å². The maximum absolute atomic E-state index is 12.4. The van der Waals surface area contributed by atoms with Crippen LogP contribution in [0.2, 0.25) is 0 Å². The van der Waals surface area contributed by atoms with Gasteiger partial charge in [0.1, 0.15) is 11.5 Å². The highest BCUT2D eigenvalue weighted by Crippen LogP contribution is 2.34. The van der Waals surface area contributed by atoms with Gasteiger partial charge in [-0.05, 0) is 50.2 Å². The molecule has 3 rings (SSSR count). The number of carbonyl (C=O) groups is 1. The summed E-state index contributed by atoms with van der Waals surface area (Å²) in [5, 5.41) is 0. The number of para-hydroxylation sites is 1. The van der Waals surface area contributed by atoms with Crippen LogP contribution < -0.4 is 4.74 Å². The maximum Gasteiger partial charge on any atom is 0.136 e. The lowest BCUT2D eigenvalue weighted by Gasteiger charge is -2.16. The Morgan fingerprint density at radius 3 is 2.68 bits per heavy atom. The number of aryl methyl sites for hydroxylation is 1. The Bertz CT molecular complexity index is 502. The minimum atomic E-state index is 0.224. The SMILES string of the molecule is Cc1ccccc1OC1CCC(C(=O)CCC2CCCC2)C1. The van der Waals surface area contributed by atoms with E-state index in [4.69, 9.17) is 4.74 Å². The second-order valence-corrected chi connectivity index (χ2v) is 7.17. The topological polar surface area (TPSA) is 26.3 Å². The number of ether oxygens (including phenoxy) is 1. The van der Waals surface area contributed by atoms with Crippen molar-refractivity contribution in [2.45, 2.75) is 70.8 Å². The molecule has 0 bridgehead atoms. The highest BCUT2D eigenvalue weighted by Gasteiger charge is 2.31. The summed E-state index contributed by atoms with van der Waals surface area (Å²) in [5.74, 6) is 2.54. The number of rotatable bonds is 6. The summed E-state index contributed by atoms with van der Waals surface area (Å²) in [6.07, 6.45) is 10.5. The normalized spacial score (nSPS) is 25.5. The van der Waals surface area contributed by atoms with Crippen molar-refractivity contribution < 1.29 is 9.53 Å². The third-order valence-corrected chi connectivity index (χ3v) is 5.50. The van der Waals surface area contributed by atoms with Crippen LogP contribution in [0.5, 0.6) is 5.75 Å². The molecule has 2 unspecified atom stereocenters. The quantitative estimate of drug-likeness (QED) is 0.732. The molecule has 1 aromatic carbocycles. The van der Waals surface area contributed by atoms with Gasteiger partial charge in [-0.15, -0.1) is 0 Å². The molecule has 2 heteroatoms. The summed E-state index contributed by atoms with van der Waals surface area (Å²) >= 11 is 0. The van der Waals surface area contributed by atoms with E-state index in [1.807, 2.05) is 18.2 Å². The Balaban J connectivity index is 1.45. The van der Waals surface area contributed by atoms with Gasteiger partial charge in [-0.1, -0.05) is 43.9 Å². The minimum Gasteiger partial charge on any atom is -0.490 e. The average molecular weight is 300 g/mol. The zero-order valence-electron chi connectivity index (χ0n) is 13.7. The van der Waals surface area contributed by atoms with Crippen molar-refractivity contribution >= 4 is 5.78 Å². The van der Waals surface area contributed by atoms with Crippen LogP contribution in [0.3, 0.4) is 0 Å². The van der Waals surface area contributed by atoms with E-state index in [2.05, 4.69) is 13.0 Å². The fraction of sp³-hybridized carbons (Fsp3) is 0.650. The highest BCUT2D eigenvalue weighted by molar-refractivity contribution is 5.81. The first kappa shape index (κ1) is 15.6. The number of benzene rings is 1. The smallest absolute Gasteiger partial charge is 0.136 e.